The van der Waals surface area contributed by atoms with Crippen LogP contribution >= 0.6 is 0 Å². The Morgan fingerprint density at radius 2 is 1.97 bits per heavy atom. The second kappa shape index (κ2) is 7.20. The molecule has 1 aromatic carbocycles. The number of benzene rings is 1. The van der Waals surface area contributed by atoms with Gasteiger partial charge in [0.15, 0.2) is 0 Å². The van der Waals surface area contributed by atoms with E-state index in [2.05, 4.69) is 36.7 Å². The molecule has 7 heteroatoms. The van der Waals surface area contributed by atoms with E-state index in [-0.39, 0.29) is 17.1 Å². The van der Waals surface area contributed by atoms with Gasteiger partial charge in [-0.2, -0.15) is 0 Å². The molecule has 158 valence electrons. The number of carboxylic acid groups (broad SMARTS) is 1. The quantitative estimate of drug-likeness (QED) is 0.830. The van der Waals surface area contributed by atoms with E-state index in [0.717, 1.165) is 36.8 Å². The molecule has 29 heavy (non-hydrogen) atoms. The van der Waals surface area contributed by atoms with Crippen molar-refractivity contribution in [2.24, 2.45) is 18.4 Å². The van der Waals surface area contributed by atoms with Crippen molar-refractivity contribution in [3.63, 3.8) is 0 Å². The highest BCUT2D eigenvalue weighted by Gasteiger charge is 2.43. The fraction of sp³-hybridized carbons (Fsp3) is 0.636. The van der Waals surface area contributed by atoms with Crippen molar-refractivity contribution in [3.8, 4) is 0 Å². The SMILES string of the molecule is Cn1c(=O)[nH]c2cccc(CC3CC(N4CCN(C(=O)O)CC4C(C)(C)C)C3)c21. The standard InChI is InChI=1S/C22H32N4O3/c1-22(2,3)18-13-25(21(28)29)8-9-26(18)16-11-14(12-16)10-15-6-5-7-17-19(15)24(4)20(27)23-17/h5-7,14,16,18H,8-13H2,1-4H3,(H,23,27)(H,28,29). The predicted molar refractivity (Wildman–Crippen MR) is 113 cm³/mol. The molecule has 1 saturated heterocycles. The van der Waals surface area contributed by atoms with Gasteiger partial charge in [0.2, 0.25) is 0 Å². The molecule has 1 aliphatic heterocycles. The summed E-state index contributed by atoms with van der Waals surface area (Å²) in [4.78, 5) is 30.5. The number of rotatable bonds is 3. The lowest BCUT2D eigenvalue weighted by Gasteiger charge is -2.53. The van der Waals surface area contributed by atoms with Gasteiger partial charge in [0.1, 0.15) is 0 Å². The first kappa shape index (κ1) is 20.0. The molecule has 2 fully saturated rings. The van der Waals surface area contributed by atoms with Crippen LogP contribution in [0.3, 0.4) is 0 Å². The Kier molecular flexibility index (Phi) is 4.97. The van der Waals surface area contributed by atoms with Crippen molar-refractivity contribution >= 4 is 17.1 Å². The smallest absolute Gasteiger partial charge is 0.407 e. The number of carbonyl (C=O) groups is 1. The minimum Gasteiger partial charge on any atom is -0.465 e. The molecular weight excluding hydrogens is 368 g/mol. The molecule has 0 radical (unpaired) electrons. The van der Waals surface area contributed by atoms with Gasteiger partial charge in [-0.25, -0.2) is 9.59 Å². The number of amides is 1. The van der Waals surface area contributed by atoms with Gasteiger partial charge < -0.3 is 15.0 Å². The third-order valence-corrected chi connectivity index (χ3v) is 6.88. The van der Waals surface area contributed by atoms with Crippen LogP contribution in [0.2, 0.25) is 0 Å². The Morgan fingerprint density at radius 3 is 2.62 bits per heavy atom. The van der Waals surface area contributed by atoms with E-state index in [1.54, 1.807) is 9.47 Å². The molecule has 1 atom stereocenters. The predicted octanol–water partition coefficient (Wildman–Crippen LogP) is 2.90. The number of aromatic nitrogens is 2. The van der Waals surface area contributed by atoms with Crippen LogP contribution in [-0.2, 0) is 13.5 Å². The number of aromatic amines is 1. The molecule has 2 N–H and O–H groups in total. The van der Waals surface area contributed by atoms with Gasteiger partial charge in [0, 0.05) is 38.8 Å². The molecule has 2 aromatic rings. The van der Waals surface area contributed by atoms with Crippen LogP contribution in [0.5, 0.6) is 0 Å². The Balaban J connectivity index is 1.44. The maximum absolute atomic E-state index is 12.0. The maximum Gasteiger partial charge on any atom is 0.407 e. The number of nitrogens with zero attached hydrogens (tertiary/aromatic N) is 3. The van der Waals surface area contributed by atoms with Crippen molar-refractivity contribution in [1.82, 2.24) is 19.4 Å². The van der Waals surface area contributed by atoms with E-state index in [0.29, 0.717) is 25.0 Å². The highest BCUT2D eigenvalue weighted by molar-refractivity contribution is 5.79. The zero-order chi connectivity index (χ0) is 20.9. The first-order valence-corrected chi connectivity index (χ1v) is 10.6. The Bertz CT molecular complexity index is 965. The number of imidazole rings is 1. The Hall–Kier alpha value is -2.28. The van der Waals surface area contributed by atoms with E-state index < -0.39 is 6.09 Å². The third kappa shape index (κ3) is 3.68. The van der Waals surface area contributed by atoms with Crippen LogP contribution in [0.4, 0.5) is 4.79 Å². The number of hydrogen-bond donors (Lipinski definition) is 2. The lowest BCUT2D eigenvalue weighted by molar-refractivity contribution is -0.0426. The van der Waals surface area contributed by atoms with Crippen LogP contribution < -0.4 is 5.69 Å². The number of H-pyrrole nitrogens is 1. The summed E-state index contributed by atoms with van der Waals surface area (Å²) in [6, 6.07) is 6.87. The molecule has 1 saturated carbocycles. The zero-order valence-corrected chi connectivity index (χ0v) is 17.8. The third-order valence-electron chi connectivity index (χ3n) is 6.88. The normalized spacial score (nSPS) is 25.9. The van der Waals surface area contributed by atoms with Crippen LogP contribution in [-0.4, -0.2) is 62.3 Å². The zero-order valence-electron chi connectivity index (χ0n) is 17.8. The monoisotopic (exact) mass is 400 g/mol. The molecule has 1 aromatic heterocycles. The average Bonchev–Trinajstić information content (AvgIpc) is 2.91. The minimum atomic E-state index is -0.810. The number of aryl methyl sites for hydroxylation is 1. The highest BCUT2D eigenvalue weighted by Crippen LogP contribution is 2.40. The fourth-order valence-corrected chi connectivity index (χ4v) is 5.18. The van der Waals surface area contributed by atoms with Crippen LogP contribution in [0, 0.1) is 11.3 Å². The summed E-state index contributed by atoms with van der Waals surface area (Å²) < 4.78 is 1.71. The van der Waals surface area contributed by atoms with Gasteiger partial charge in [-0.05, 0) is 42.2 Å². The average molecular weight is 401 g/mol. The van der Waals surface area contributed by atoms with Gasteiger partial charge in [-0.3, -0.25) is 9.47 Å². The van der Waals surface area contributed by atoms with Crippen LogP contribution in [0.15, 0.2) is 23.0 Å². The van der Waals surface area contributed by atoms with Crippen LogP contribution in [0.25, 0.3) is 11.0 Å². The fourth-order valence-electron chi connectivity index (χ4n) is 5.18. The second-order valence-corrected chi connectivity index (χ2v) is 9.85. The van der Waals surface area contributed by atoms with E-state index >= 15 is 0 Å². The first-order chi connectivity index (χ1) is 13.6. The van der Waals surface area contributed by atoms with E-state index in [1.807, 2.05) is 19.2 Å². The summed E-state index contributed by atoms with van der Waals surface area (Å²) in [7, 11) is 1.82. The molecule has 1 amide bonds. The van der Waals surface area contributed by atoms with Gasteiger partial charge in [-0.1, -0.05) is 32.9 Å². The topological polar surface area (TPSA) is 81.6 Å². The maximum atomic E-state index is 12.0. The summed E-state index contributed by atoms with van der Waals surface area (Å²) in [6.45, 7) is 8.62. The van der Waals surface area contributed by atoms with Crippen molar-refractivity contribution in [2.75, 3.05) is 19.6 Å². The molecule has 2 aliphatic rings. The van der Waals surface area contributed by atoms with E-state index in [4.69, 9.17) is 0 Å². The van der Waals surface area contributed by atoms with Gasteiger partial charge >= 0.3 is 11.8 Å². The van der Waals surface area contributed by atoms with Crippen molar-refractivity contribution < 1.29 is 9.90 Å². The molecule has 0 bridgehead atoms. The van der Waals surface area contributed by atoms with E-state index in [9.17, 15) is 14.7 Å². The Morgan fingerprint density at radius 1 is 1.24 bits per heavy atom. The van der Waals surface area contributed by atoms with E-state index in [1.165, 1.54) is 5.56 Å². The lowest BCUT2D eigenvalue weighted by atomic mass is 9.73. The number of hydrogen-bond acceptors (Lipinski definition) is 3. The van der Waals surface area contributed by atoms with Crippen molar-refractivity contribution in [3.05, 3.63) is 34.2 Å². The minimum absolute atomic E-state index is 0.0359. The molecule has 7 nitrogen and oxygen atoms in total. The number of nitrogens with one attached hydrogen (secondary N) is 1. The highest BCUT2D eigenvalue weighted by atomic mass is 16.4. The summed E-state index contributed by atoms with van der Waals surface area (Å²) in [6.07, 6.45) is 2.44. The molecule has 0 spiro atoms. The first-order valence-electron chi connectivity index (χ1n) is 10.6. The summed E-state index contributed by atoms with van der Waals surface area (Å²) in [5.74, 6) is 0.605. The lowest BCUT2D eigenvalue weighted by Crippen LogP contribution is -2.63. The van der Waals surface area contributed by atoms with Gasteiger partial charge in [-0.15, -0.1) is 0 Å². The summed E-state index contributed by atoms with van der Waals surface area (Å²) in [5.41, 5.74) is 3.12. The molecular formula is C22H32N4O3. The number of piperazine rings is 1. The molecule has 1 aliphatic carbocycles. The van der Waals surface area contributed by atoms with Crippen molar-refractivity contribution in [2.45, 2.75) is 52.1 Å². The number of fused-ring (bicyclic) bond motifs is 1. The molecule has 1 unspecified atom stereocenters. The summed E-state index contributed by atoms with van der Waals surface area (Å²) >= 11 is 0. The largest absolute Gasteiger partial charge is 0.465 e. The second-order valence-electron chi connectivity index (χ2n) is 9.85. The van der Waals surface area contributed by atoms with Gasteiger partial charge in [0.05, 0.1) is 11.0 Å². The van der Waals surface area contributed by atoms with Crippen LogP contribution in [0.1, 0.15) is 39.2 Å². The Labute approximate surface area is 171 Å². The summed E-state index contributed by atoms with van der Waals surface area (Å²) in [5, 5.41) is 9.42. The van der Waals surface area contributed by atoms with Gasteiger partial charge in [0.25, 0.3) is 0 Å². The molecule has 4 rings (SSSR count). The molecule has 2 heterocycles. The van der Waals surface area contributed by atoms with Crippen molar-refractivity contribution in [1.29, 1.82) is 0 Å². The number of para-hydroxylation sites is 1.